The molecule has 1 unspecified atom stereocenters. The van der Waals surface area contributed by atoms with Crippen LogP contribution in [-0.4, -0.2) is 5.11 Å². The van der Waals surface area contributed by atoms with Crippen molar-refractivity contribution in [3.05, 3.63) is 33.8 Å². The summed E-state index contributed by atoms with van der Waals surface area (Å²) in [6.45, 7) is 3.97. The Labute approximate surface area is 93.3 Å². The van der Waals surface area contributed by atoms with Gasteiger partial charge >= 0.3 is 0 Å². The maximum Gasteiger partial charge on any atom is 0.0907 e. The average molecular weight is 255 g/mol. The monoisotopic (exact) mass is 254 g/mol. The molecule has 1 nitrogen and oxygen atoms in total. The highest BCUT2D eigenvalue weighted by atomic mass is 79.9. The van der Waals surface area contributed by atoms with Crippen molar-refractivity contribution in [3.8, 4) is 0 Å². The van der Waals surface area contributed by atoms with Crippen LogP contribution in [-0.2, 0) is 5.60 Å². The highest BCUT2D eigenvalue weighted by molar-refractivity contribution is 9.10. The first kappa shape index (κ1) is 10.2. The molecule has 1 aromatic rings. The first-order valence-electron chi connectivity index (χ1n) is 5.01. The minimum Gasteiger partial charge on any atom is -0.385 e. The summed E-state index contributed by atoms with van der Waals surface area (Å²) in [6, 6.07) is 6.14. The van der Waals surface area contributed by atoms with Gasteiger partial charge in [0, 0.05) is 4.47 Å². The Kier molecular flexibility index (Phi) is 2.44. The predicted molar refractivity (Wildman–Crippen MR) is 61.2 cm³/mol. The molecule has 0 radical (unpaired) electrons. The molecular formula is C12H15BrO. The lowest BCUT2D eigenvalue weighted by Crippen LogP contribution is -2.24. The van der Waals surface area contributed by atoms with E-state index in [9.17, 15) is 5.11 Å². The molecule has 1 N–H and O–H groups in total. The Bertz CT molecular complexity index is 353. The van der Waals surface area contributed by atoms with E-state index in [1.165, 1.54) is 5.56 Å². The van der Waals surface area contributed by atoms with Crippen molar-refractivity contribution in [2.75, 3.05) is 0 Å². The quantitative estimate of drug-likeness (QED) is 0.858. The van der Waals surface area contributed by atoms with Crippen LogP contribution in [0.25, 0.3) is 0 Å². The van der Waals surface area contributed by atoms with E-state index >= 15 is 0 Å². The fraction of sp³-hybridized carbons (Fsp3) is 0.500. The van der Waals surface area contributed by atoms with Gasteiger partial charge in [0.2, 0.25) is 0 Å². The Hall–Kier alpha value is -0.340. The van der Waals surface area contributed by atoms with E-state index in [4.69, 9.17) is 0 Å². The van der Waals surface area contributed by atoms with Crippen molar-refractivity contribution in [2.24, 2.45) is 5.92 Å². The van der Waals surface area contributed by atoms with E-state index in [2.05, 4.69) is 35.0 Å². The van der Waals surface area contributed by atoms with Gasteiger partial charge in [0.1, 0.15) is 0 Å². The summed E-state index contributed by atoms with van der Waals surface area (Å²) < 4.78 is 1.02. The molecule has 14 heavy (non-hydrogen) atoms. The number of aryl methyl sites for hydroxylation is 1. The van der Waals surface area contributed by atoms with Crippen molar-refractivity contribution >= 4 is 15.9 Å². The SMILES string of the molecule is Cc1ccc(C(C)(O)C2CC2)c(Br)c1. The number of benzene rings is 1. The molecule has 0 saturated heterocycles. The first-order chi connectivity index (χ1) is 6.51. The molecule has 1 aromatic carbocycles. The zero-order chi connectivity index (χ0) is 10.3. The Morgan fingerprint density at radius 2 is 2.07 bits per heavy atom. The lowest BCUT2D eigenvalue weighted by molar-refractivity contribution is 0.0323. The molecule has 0 spiro atoms. The molecule has 76 valence electrons. The molecule has 0 bridgehead atoms. The second-order valence-corrected chi connectivity index (χ2v) is 5.26. The molecule has 1 atom stereocenters. The van der Waals surface area contributed by atoms with Crippen LogP contribution in [0, 0.1) is 12.8 Å². The topological polar surface area (TPSA) is 20.2 Å². The lowest BCUT2D eigenvalue weighted by atomic mass is 9.90. The Morgan fingerprint density at radius 3 is 2.57 bits per heavy atom. The maximum absolute atomic E-state index is 10.4. The molecular weight excluding hydrogens is 240 g/mol. The fourth-order valence-electron chi connectivity index (χ4n) is 1.90. The van der Waals surface area contributed by atoms with Crippen molar-refractivity contribution in [1.29, 1.82) is 0 Å². The molecule has 0 heterocycles. The van der Waals surface area contributed by atoms with Crippen molar-refractivity contribution < 1.29 is 5.11 Å². The van der Waals surface area contributed by atoms with E-state index in [1.807, 2.05) is 13.0 Å². The third kappa shape index (κ3) is 1.73. The summed E-state index contributed by atoms with van der Waals surface area (Å²) >= 11 is 3.52. The van der Waals surface area contributed by atoms with Gasteiger partial charge in [-0.2, -0.15) is 0 Å². The van der Waals surface area contributed by atoms with Gasteiger partial charge in [0.25, 0.3) is 0 Å². The van der Waals surface area contributed by atoms with Gasteiger partial charge in [-0.3, -0.25) is 0 Å². The zero-order valence-corrected chi connectivity index (χ0v) is 10.1. The van der Waals surface area contributed by atoms with Gasteiger partial charge in [-0.05, 0) is 49.8 Å². The number of hydrogen-bond donors (Lipinski definition) is 1. The third-order valence-electron chi connectivity index (χ3n) is 3.04. The van der Waals surface area contributed by atoms with Gasteiger partial charge in [-0.25, -0.2) is 0 Å². The highest BCUT2D eigenvalue weighted by Crippen LogP contribution is 2.47. The standard InChI is InChI=1S/C12H15BrO/c1-8-3-6-10(11(13)7-8)12(2,14)9-4-5-9/h3,6-7,9,14H,4-5H2,1-2H3. The summed E-state index contributed by atoms with van der Waals surface area (Å²) in [5.41, 5.74) is 1.57. The van der Waals surface area contributed by atoms with Crippen LogP contribution >= 0.6 is 15.9 Å². The number of halogens is 1. The van der Waals surface area contributed by atoms with Gasteiger partial charge in [0.15, 0.2) is 0 Å². The van der Waals surface area contributed by atoms with Crippen molar-refractivity contribution in [2.45, 2.75) is 32.3 Å². The van der Waals surface area contributed by atoms with Crippen LogP contribution in [0.15, 0.2) is 22.7 Å². The molecule has 0 aliphatic heterocycles. The largest absolute Gasteiger partial charge is 0.385 e. The molecule has 0 aromatic heterocycles. The minimum atomic E-state index is -0.660. The van der Waals surface area contributed by atoms with Crippen molar-refractivity contribution in [1.82, 2.24) is 0 Å². The van der Waals surface area contributed by atoms with Crippen LogP contribution in [0.2, 0.25) is 0 Å². The Balaban J connectivity index is 2.40. The van der Waals surface area contributed by atoms with E-state index < -0.39 is 5.60 Å². The zero-order valence-electron chi connectivity index (χ0n) is 8.55. The van der Waals surface area contributed by atoms with Crippen molar-refractivity contribution in [3.63, 3.8) is 0 Å². The van der Waals surface area contributed by atoms with Gasteiger partial charge < -0.3 is 5.11 Å². The van der Waals surface area contributed by atoms with Gasteiger partial charge in [-0.15, -0.1) is 0 Å². The second-order valence-electron chi connectivity index (χ2n) is 4.41. The summed E-state index contributed by atoms with van der Waals surface area (Å²) in [7, 11) is 0. The van der Waals surface area contributed by atoms with E-state index in [0.717, 1.165) is 22.9 Å². The molecule has 1 fully saturated rings. The van der Waals surface area contributed by atoms with Gasteiger partial charge in [0.05, 0.1) is 5.60 Å². The van der Waals surface area contributed by atoms with Gasteiger partial charge in [-0.1, -0.05) is 28.1 Å². The normalized spacial score (nSPS) is 20.6. The summed E-state index contributed by atoms with van der Waals surface area (Å²) in [5.74, 6) is 0.446. The van der Waals surface area contributed by atoms with Crippen LogP contribution in [0.5, 0.6) is 0 Å². The molecule has 1 aliphatic carbocycles. The Morgan fingerprint density at radius 1 is 1.43 bits per heavy atom. The summed E-state index contributed by atoms with van der Waals surface area (Å²) in [4.78, 5) is 0. The van der Waals surface area contributed by atoms with E-state index in [-0.39, 0.29) is 0 Å². The average Bonchev–Trinajstić information content (AvgIpc) is 2.84. The summed E-state index contributed by atoms with van der Waals surface area (Å²) in [6.07, 6.45) is 2.29. The highest BCUT2D eigenvalue weighted by Gasteiger charge is 2.42. The fourth-order valence-corrected chi connectivity index (χ4v) is 2.79. The van der Waals surface area contributed by atoms with Crippen LogP contribution < -0.4 is 0 Å². The molecule has 2 heteroatoms. The van der Waals surface area contributed by atoms with E-state index in [1.54, 1.807) is 0 Å². The number of hydrogen-bond acceptors (Lipinski definition) is 1. The number of aliphatic hydroxyl groups is 1. The number of rotatable bonds is 2. The van der Waals surface area contributed by atoms with E-state index in [0.29, 0.717) is 5.92 Å². The third-order valence-corrected chi connectivity index (χ3v) is 3.70. The first-order valence-corrected chi connectivity index (χ1v) is 5.80. The smallest absolute Gasteiger partial charge is 0.0907 e. The second kappa shape index (κ2) is 3.35. The van der Waals surface area contributed by atoms with Crippen LogP contribution in [0.4, 0.5) is 0 Å². The molecule has 1 aliphatic rings. The lowest BCUT2D eigenvalue weighted by Gasteiger charge is -2.25. The molecule has 1 saturated carbocycles. The van der Waals surface area contributed by atoms with Crippen LogP contribution in [0.1, 0.15) is 30.9 Å². The predicted octanol–water partition coefficient (Wildman–Crippen LogP) is 3.38. The molecule has 2 rings (SSSR count). The minimum absolute atomic E-state index is 0.446. The molecule has 0 amide bonds. The van der Waals surface area contributed by atoms with Crippen LogP contribution in [0.3, 0.4) is 0 Å². The maximum atomic E-state index is 10.4. The summed E-state index contributed by atoms with van der Waals surface area (Å²) in [5, 5.41) is 10.4.